The Labute approximate surface area is 131 Å². The third kappa shape index (κ3) is 3.68. The second-order valence-electron chi connectivity index (χ2n) is 6.64. The van der Waals surface area contributed by atoms with Crippen LogP contribution in [0, 0.1) is 5.41 Å². The molecule has 1 spiro atoms. The lowest BCUT2D eigenvalue weighted by Crippen LogP contribution is -2.57. The van der Waals surface area contributed by atoms with Crippen LogP contribution in [0.4, 0.5) is 0 Å². The number of nitrogens with zero attached hydrogens (tertiary/aromatic N) is 1. The van der Waals surface area contributed by atoms with Crippen LogP contribution in [0.1, 0.15) is 53.4 Å². The van der Waals surface area contributed by atoms with Crippen molar-refractivity contribution in [2.75, 3.05) is 0 Å². The highest BCUT2D eigenvalue weighted by Gasteiger charge is 2.72. The van der Waals surface area contributed by atoms with Crippen molar-refractivity contribution in [2.45, 2.75) is 77.0 Å². The number of hydrogen-bond acceptors (Lipinski definition) is 7. The lowest BCUT2D eigenvalue weighted by Gasteiger charge is -2.35. The fourth-order valence-corrected chi connectivity index (χ4v) is 3.18. The summed E-state index contributed by atoms with van der Waals surface area (Å²) in [6.07, 6.45) is 2.46. The van der Waals surface area contributed by atoms with E-state index in [1.165, 1.54) is 13.8 Å². The zero-order chi connectivity index (χ0) is 17.6. The largest absolute Gasteiger partial charge is 0.366 e. The molecule has 3 fully saturated rings. The van der Waals surface area contributed by atoms with Gasteiger partial charge in [0, 0.05) is 12.5 Å². The fourth-order valence-electron chi connectivity index (χ4n) is 3.18. The third-order valence-corrected chi connectivity index (χ3v) is 4.14. The minimum atomic E-state index is -2.28. The number of fused-ring (bicyclic) bond motifs is 2. The maximum Gasteiger partial charge on any atom is 0.253 e. The van der Waals surface area contributed by atoms with Crippen LogP contribution in [0.2, 0.25) is 0 Å². The summed E-state index contributed by atoms with van der Waals surface area (Å²) in [7, 11) is 0. The molecule has 0 aromatic carbocycles. The van der Waals surface area contributed by atoms with Crippen molar-refractivity contribution in [3.05, 3.63) is 12.2 Å². The van der Waals surface area contributed by atoms with Gasteiger partial charge in [0.15, 0.2) is 5.79 Å². The van der Waals surface area contributed by atoms with Crippen LogP contribution in [0.5, 0.6) is 0 Å². The molecule has 3 aliphatic rings. The van der Waals surface area contributed by atoms with Crippen molar-refractivity contribution < 1.29 is 30.6 Å². The average molecular weight is 319 g/mol. The van der Waals surface area contributed by atoms with Crippen LogP contribution >= 0.6 is 0 Å². The summed E-state index contributed by atoms with van der Waals surface area (Å²) >= 11 is 0. The van der Waals surface area contributed by atoms with Gasteiger partial charge in [-0.05, 0) is 44.1 Å². The van der Waals surface area contributed by atoms with E-state index in [1.54, 1.807) is 0 Å². The molecule has 1 atom stereocenters. The highest BCUT2D eigenvalue weighted by atomic mass is 16.6. The van der Waals surface area contributed by atoms with Gasteiger partial charge in [-0.25, -0.2) is 0 Å². The van der Waals surface area contributed by atoms with Crippen LogP contribution in [0.15, 0.2) is 12.2 Å². The Morgan fingerprint density at radius 3 is 1.86 bits per heavy atom. The van der Waals surface area contributed by atoms with Gasteiger partial charge in [-0.2, -0.15) is 4.90 Å². The molecule has 2 heterocycles. The Kier molecular flexibility index (Phi) is 5.17. The van der Waals surface area contributed by atoms with E-state index in [4.69, 9.17) is 10.2 Å². The van der Waals surface area contributed by atoms with E-state index >= 15 is 0 Å². The molecule has 6 N–H and O–H groups in total. The van der Waals surface area contributed by atoms with Gasteiger partial charge in [0.25, 0.3) is 5.91 Å². The van der Waals surface area contributed by atoms with Crippen LogP contribution in [0.25, 0.3) is 0 Å². The molecule has 2 aliphatic heterocycles. The van der Waals surface area contributed by atoms with Crippen LogP contribution < -0.4 is 0 Å². The second-order valence-corrected chi connectivity index (χ2v) is 6.64. The summed E-state index contributed by atoms with van der Waals surface area (Å²) in [4.78, 5) is 0.995. The highest BCUT2D eigenvalue weighted by molar-refractivity contribution is 5.26. The molecule has 0 amide bonds. The standard InChI is InChI=1S/C10H15NO4.C3H8O2.C2H6/c1-6-4-7-8(2-3-8)5-9(12,13)11(7)10(6,14)15;1-3(2,4)5;1-2/h7,12-15H,1-5H2;4-5H,1-2H3;1-2H3. The van der Waals surface area contributed by atoms with Crippen molar-refractivity contribution in [3.63, 3.8) is 0 Å². The molecule has 1 unspecified atom stereocenters. The molecular weight excluding hydrogens is 290 g/mol. The van der Waals surface area contributed by atoms with Crippen molar-refractivity contribution in [3.8, 4) is 0 Å². The molecule has 0 aromatic rings. The minimum Gasteiger partial charge on any atom is -0.366 e. The van der Waals surface area contributed by atoms with Gasteiger partial charge < -0.3 is 30.6 Å². The molecule has 1 saturated carbocycles. The zero-order valence-corrected chi connectivity index (χ0v) is 13.7. The number of rotatable bonds is 0. The van der Waals surface area contributed by atoms with E-state index in [0.29, 0.717) is 6.42 Å². The first kappa shape index (κ1) is 19.5. The molecule has 22 heavy (non-hydrogen) atoms. The van der Waals surface area contributed by atoms with Gasteiger partial charge in [0.05, 0.1) is 0 Å². The van der Waals surface area contributed by atoms with Crippen molar-refractivity contribution in [2.24, 2.45) is 5.41 Å². The van der Waals surface area contributed by atoms with Gasteiger partial charge in [-0.1, -0.05) is 20.4 Å². The smallest absolute Gasteiger partial charge is 0.253 e. The fraction of sp³-hybridized carbons (Fsp3) is 0.867. The first-order valence-corrected chi connectivity index (χ1v) is 7.62. The summed E-state index contributed by atoms with van der Waals surface area (Å²) in [6, 6.07) is -0.199. The molecule has 0 aromatic heterocycles. The van der Waals surface area contributed by atoms with Crippen LogP contribution in [-0.4, -0.2) is 59.2 Å². The lowest BCUT2D eigenvalue weighted by molar-refractivity contribution is -0.350. The van der Waals surface area contributed by atoms with E-state index < -0.39 is 17.6 Å². The van der Waals surface area contributed by atoms with Gasteiger partial charge in [-0.3, -0.25) is 0 Å². The molecule has 7 heteroatoms. The van der Waals surface area contributed by atoms with Gasteiger partial charge in [0.1, 0.15) is 0 Å². The molecular formula is C15H29NO6. The van der Waals surface area contributed by atoms with Crippen molar-refractivity contribution in [1.82, 2.24) is 4.90 Å². The summed E-state index contributed by atoms with van der Waals surface area (Å²) in [5.41, 5.74) is 0.102. The first-order valence-electron chi connectivity index (χ1n) is 7.62. The highest BCUT2D eigenvalue weighted by Crippen LogP contribution is 2.66. The van der Waals surface area contributed by atoms with Crippen LogP contribution in [-0.2, 0) is 0 Å². The quantitative estimate of drug-likeness (QED) is 0.270. The molecule has 0 radical (unpaired) electrons. The number of aliphatic hydroxyl groups is 6. The lowest BCUT2D eigenvalue weighted by atomic mass is 9.93. The van der Waals surface area contributed by atoms with Crippen molar-refractivity contribution in [1.29, 1.82) is 0 Å². The maximum atomic E-state index is 9.81. The van der Waals surface area contributed by atoms with E-state index in [2.05, 4.69) is 6.58 Å². The predicted octanol–water partition coefficient (Wildman–Crippen LogP) is -0.189. The number of hydrogen-bond donors (Lipinski definition) is 6. The molecule has 0 bridgehead atoms. The average Bonchev–Trinajstić information content (AvgIpc) is 2.96. The van der Waals surface area contributed by atoms with E-state index in [-0.39, 0.29) is 23.5 Å². The Bertz CT molecular complexity index is 416. The van der Waals surface area contributed by atoms with Crippen LogP contribution in [0.3, 0.4) is 0 Å². The predicted molar refractivity (Wildman–Crippen MR) is 79.9 cm³/mol. The summed E-state index contributed by atoms with van der Waals surface area (Å²) in [5.74, 6) is -5.90. The first-order chi connectivity index (χ1) is 9.80. The Morgan fingerprint density at radius 1 is 1.09 bits per heavy atom. The van der Waals surface area contributed by atoms with E-state index in [0.717, 1.165) is 17.7 Å². The van der Waals surface area contributed by atoms with Gasteiger partial charge >= 0.3 is 0 Å². The SMILES string of the molecule is C=C1CC2N(C(O)(O)CC23CC3)C1(O)O.CC.CC(C)(O)O. The molecule has 2 saturated heterocycles. The third-order valence-electron chi connectivity index (χ3n) is 4.14. The Hall–Kier alpha value is -0.540. The van der Waals surface area contributed by atoms with E-state index in [1.807, 2.05) is 13.8 Å². The molecule has 1 aliphatic carbocycles. The Morgan fingerprint density at radius 2 is 1.50 bits per heavy atom. The molecule has 130 valence electrons. The van der Waals surface area contributed by atoms with Crippen molar-refractivity contribution >= 4 is 0 Å². The van der Waals surface area contributed by atoms with E-state index in [9.17, 15) is 20.4 Å². The maximum absolute atomic E-state index is 9.81. The molecule has 3 rings (SSSR count). The molecule has 7 nitrogen and oxygen atoms in total. The summed E-state index contributed by atoms with van der Waals surface area (Å²) in [6.45, 7) is 10.2. The monoisotopic (exact) mass is 319 g/mol. The summed E-state index contributed by atoms with van der Waals surface area (Å²) in [5, 5.41) is 55.4. The second kappa shape index (κ2) is 5.83. The minimum absolute atomic E-state index is 0.139. The van der Waals surface area contributed by atoms with Gasteiger partial charge in [0.2, 0.25) is 5.91 Å². The normalized spacial score (nSPS) is 30.1. The zero-order valence-electron chi connectivity index (χ0n) is 13.7. The Balaban J connectivity index is 0.000000299. The summed E-state index contributed by atoms with van der Waals surface area (Å²) < 4.78 is 0. The topological polar surface area (TPSA) is 125 Å². The van der Waals surface area contributed by atoms with Gasteiger partial charge in [-0.15, -0.1) is 0 Å².